The summed E-state index contributed by atoms with van der Waals surface area (Å²) in [5.74, 6) is -0.0133. The van der Waals surface area contributed by atoms with Gasteiger partial charge in [-0.05, 0) is 39.1 Å². The molecule has 0 bridgehead atoms. The number of nitrogens with zero attached hydrogens (tertiary/aromatic N) is 4. The molecule has 2 rings (SSSR count). The first-order chi connectivity index (χ1) is 11.5. The fourth-order valence-electron chi connectivity index (χ4n) is 2.76. The van der Waals surface area contributed by atoms with E-state index in [2.05, 4.69) is 15.2 Å². The van der Waals surface area contributed by atoms with Crippen molar-refractivity contribution in [2.24, 2.45) is 0 Å². The summed E-state index contributed by atoms with van der Waals surface area (Å²) in [5, 5.41) is 11.6. The Kier molecular flexibility index (Phi) is 6.27. The monoisotopic (exact) mass is 329 g/mol. The van der Waals surface area contributed by atoms with E-state index in [1.165, 1.54) is 12.3 Å². The van der Waals surface area contributed by atoms with E-state index in [1.54, 1.807) is 6.07 Å². The lowest BCUT2D eigenvalue weighted by Crippen LogP contribution is -2.40. The number of carbonyl (C=O) groups is 2. The third-order valence-corrected chi connectivity index (χ3v) is 4.14. The van der Waals surface area contributed by atoms with E-state index in [-0.39, 0.29) is 23.6 Å². The summed E-state index contributed by atoms with van der Waals surface area (Å²) in [5.41, 5.74) is 0.716. The van der Waals surface area contributed by atoms with Crippen molar-refractivity contribution < 1.29 is 9.59 Å². The maximum Gasteiger partial charge on any atom is 0.252 e. The summed E-state index contributed by atoms with van der Waals surface area (Å²) < 4.78 is 0. The lowest BCUT2D eigenvalue weighted by atomic mass is 10.1. The molecular weight excluding hydrogens is 306 g/mol. The van der Waals surface area contributed by atoms with Crippen molar-refractivity contribution in [2.75, 3.05) is 33.7 Å². The van der Waals surface area contributed by atoms with Crippen LogP contribution in [0, 0.1) is 11.3 Å². The number of rotatable bonds is 7. The molecule has 1 saturated heterocycles. The Bertz CT molecular complexity index is 621. The standard InChI is InChI=1S/C17H23N5O2/c1-21(2)9-10-22-15(5-6-16(22)23)7-8-19-17(24)13-3-4-14(11-18)20-12-13/h3-4,12,15H,5-10H2,1-2H3,(H,19,24)/t15-/m1/s1. The second kappa shape index (κ2) is 8.41. The smallest absolute Gasteiger partial charge is 0.252 e. The average Bonchev–Trinajstić information content (AvgIpc) is 2.93. The highest BCUT2D eigenvalue weighted by Crippen LogP contribution is 2.20. The lowest BCUT2D eigenvalue weighted by Gasteiger charge is -2.26. The van der Waals surface area contributed by atoms with Gasteiger partial charge >= 0.3 is 0 Å². The van der Waals surface area contributed by atoms with Gasteiger partial charge in [-0.15, -0.1) is 0 Å². The van der Waals surface area contributed by atoms with Crippen LogP contribution in [0.2, 0.25) is 0 Å². The zero-order valence-electron chi connectivity index (χ0n) is 14.2. The van der Waals surface area contributed by atoms with Gasteiger partial charge in [0.15, 0.2) is 0 Å². The van der Waals surface area contributed by atoms with Gasteiger partial charge in [0.25, 0.3) is 5.91 Å². The van der Waals surface area contributed by atoms with Crippen molar-refractivity contribution in [3.8, 4) is 6.07 Å². The van der Waals surface area contributed by atoms with Gasteiger partial charge in [-0.25, -0.2) is 4.98 Å². The molecule has 2 amide bonds. The minimum atomic E-state index is -0.212. The number of nitrogens with one attached hydrogen (secondary N) is 1. The van der Waals surface area contributed by atoms with E-state index in [0.717, 1.165) is 25.9 Å². The molecule has 1 aliphatic heterocycles. The van der Waals surface area contributed by atoms with Crippen LogP contribution in [0.1, 0.15) is 35.3 Å². The van der Waals surface area contributed by atoms with Crippen LogP contribution in [0.4, 0.5) is 0 Å². The molecule has 1 aromatic heterocycles. The number of amides is 2. The molecule has 2 heterocycles. The first-order valence-corrected chi connectivity index (χ1v) is 8.10. The van der Waals surface area contributed by atoms with Gasteiger partial charge in [0, 0.05) is 38.3 Å². The summed E-state index contributed by atoms with van der Waals surface area (Å²) in [6.07, 6.45) is 3.58. The quantitative estimate of drug-likeness (QED) is 0.792. The van der Waals surface area contributed by atoms with Crippen LogP contribution in [0.15, 0.2) is 18.3 Å². The van der Waals surface area contributed by atoms with E-state index in [0.29, 0.717) is 18.5 Å². The topological polar surface area (TPSA) is 89.3 Å². The number of carbonyl (C=O) groups excluding carboxylic acids is 2. The molecule has 7 heteroatoms. The zero-order chi connectivity index (χ0) is 17.5. The van der Waals surface area contributed by atoms with E-state index < -0.39 is 0 Å². The minimum Gasteiger partial charge on any atom is -0.352 e. The highest BCUT2D eigenvalue weighted by atomic mass is 16.2. The predicted octanol–water partition coefficient (Wildman–Crippen LogP) is 0.626. The van der Waals surface area contributed by atoms with Crippen LogP contribution < -0.4 is 5.32 Å². The Morgan fingerprint density at radius 1 is 1.50 bits per heavy atom. The van der Waals surface area contributed by atoms with E-state index in [1.807, 2.05) is 25.1 Å². The summed E-state index contributed by atoms with van der Waals surface area (Å²) >= 11 is 0. The lowest BCUT2D eigenvalue weighted by molar-refractivity contribution is -0.129. The Labute approximate surface area is 142 Å². The molecule has 0 aliphatic carbocycles. The molecule has 0 aromatic carbocycles. The fourth-order valence-corrected chi connectivity index (χ4v) is 2.76. The van der Waals surface area contributed by atoms with Gasteiger partial charge < -0.3 is 15.1 Å². The molecular formula is C17H23N5O2. The van der Waals surface area contributed by atoms with E-state index >= 15 is 0 Å². The molecule has 0 radical (unpaired) electrons. The molecule has 1 N–H and O–H groups in total. The molecule has 1 aromatic rings. The van der Waals surface area contributed by atoms with Crippen molar-refractivity contribution >= 4 is 11.8 Å². The zero-order valence-corrected chi connectivity index (χ0v) is 14.2. The first kappa shape index (κ1) is 17.9. The number of hydrogen-bond acceptors (Lipinski definition) is 5. The van der Waals surface area contributed by atoms with Crippen LogP contribution in [-0.2, 0) is 4.79 Å². The van der Waals surface area contributed by atoms with Crippen LogP contribution in [0.5, 0.6) is 0 Å². The van der Waals surface area contributed by atoms with Gasteiger partial charge in [0.1, 0.15) is 11.8 Å². The summed E-state index contributed by atoms with van der Waals surface area (Å²) in [6.45, 7) is 2.07. The van der Waals surface area contributed by atoms with Crippen LogP contribution >= 0.6 is 0 Å². The number of likely N-dealkylation sites (N-methyl/N-ethyl adjacent to an activating group) is 1. The van der Waals surface area contributed by atoms with Crippen molar-refractivity contribution in [3.63, 3.8) is 0 Å². The molecule has 0 unspecified atom stereocenters. The van der Waals surface area contributed by atoms with Gasteiger partial charge in [0.05, 0.1) is 5.56 Å². The molecule has 7 nitrogen and oxygen atoms in total. The first-order valence-electron chi connectivity index (χ1n) is 8.10. The third-order valence-electron chi connectivity index (χ3n) is 4.14. The fraction of sp³-hybridized carbons (Fsp3) is 0.529. The Hall–Kier alpha value is -2.46. The third kappa shape index (κ3) is 4.77. The number of pyridine rings is 1. The molecule has 128 valence electrons. The highest BCUT2D eigenvalue weighted by Gasteiger charge is 2.30. The number of aromatic nitrogens is 1. The molecule has 0 saturated carbocycles. The molecule has 0 spiro atoms. The van der Waals surface area contributed by atoms with Crippen molar-refractivity contribution in [3.05, 3.63) is 29.6 Å². The maximum atomic E-state index is 12.1. The van der Waals surface area contributed by atoms with Crippen molar-refractivity contribution in [1.82, 2.24) is 20.1 Å². The van der Waals surface area contributed by atoms with Gasteiger partial charge in [-0.3, -0.25) is 9.59 Å². The predicted molar refractivity (Wildman–Crippen MR) is 89.2 cm³/mol. The normalized spacial score (nSPS) is 17.2. The maximum absolute atomic E-state index is 12.1. The molecule has 1 fully saturated rings. The van der Waals surface area contributed by atoms with Crippen molar-refractivity contribution in [2.45, 2.75) is 25.3 Å². The molecule has 1 aliphatic rings. The number of nitriles is 1. The van der Waals surface area contributed by atoms with E-state index in [9.17, 15) is 9.59 Å². The highest BCUT2D eigenvalue weighted by molar-refractivity contribution is 5.93. The SMILES string of the molecule is CN(C)CCN1C(=O)CC[C@@H]1CCNC(=O)c1ccc(C#N)nc1. The van der Waals surface area contributed by atoms with Crippen LogP contribution in [0.25, 0.3) is 0 Å². The van der Waals surface area contributed by atoms with Crippen LogP contribution in [-0.4, -0.2) is 66.4 Å². The van der Waals surface area contributed by atoms with Gasteiger partial charge in [-0.1, -0.05) is 0 Å². The number of hydrogen-bond donors (Lipinski definition) is 1. The largest absolute Gasteiger partial charge is 0.352 e. The van der Waals surface area contributed by atoms with Gasteiger partial charge in [0.2, 0.25) is 5.91 Å². The summed E-state index contributed by atoms with van der Waals surface area (Å²) in [6, 6.07) is 5.22. The van der Waals surface area contributed by atoms with Crippen LogP contribution in [0.3, 0.4) is 0 Å². The van der Waals surface area contributed by atoms with E-state index in [4.69, 9.17) is 5.26 Å². The molecule has 1 atom stereocenters. The second-order valence-electron chi connectivity index (χ2n) is 6.17. The van der Waals surface area contributed by atoms with Gasteiger partial charge in [-0.2, -0.15) is 5.26 Å². The average molecular weight is 329 g/mol. The summed E-state index contributed by atoms with van der Waals surface area (Å²) in [7, 11) is 3.97. The molecule has 24 heavy (non-hydrogen) atoms. The Morgan fingerprint density at radius 3 is 2.92 bits per heavy atom. The minimum absolute atomic E-state index is 0.192. The Balaban J connectivity index is 1.80. The summed E-state index contributed by atoms with van der Waals surface area (Å²) in [4.78, 5) is 31.9. The Morgan fingerprint density at radius 2 is 2.29 bits per heavy atom. The number of likely N-dealkylation sites (tertiary alicyclic amines) is 1. The van der Waals surface area contributed by atoms with Crippen molar-refractivity contribution in [1.29, 1.82) is 5.26 Å². The second-order valence-corrected chi connectivity index (χ2v) is 6.17.